The Bertz CT molecular complexity index is 638. The van der Waals surface area contributed by atoms with E-state index >= 15 is 0 Å². The summed E-state index contributed by atoms with van der Waals surface area (Å²) in [5.41, 5.74) is 1.00. The van der Waals surface area contributed by atoms with E-state index in [4.69, 9.17) is 16.0 Å². The first-order valence-electron chi connectivity index (χ1n) is 7.46. The highest BCUT2D eigenvalue weighted by molar-refractivity contribution is 6.30. The molecule has 0 saturated heterocycles. The van der Waals surface area contributed by atoms with Crippen molar-refractivity contribution in [3.8, 4) is 0 Å². The van der Waals surface area contributed by atoms with Gasteiger partial charge in [-0.15, -0.1) is 0 Å². The highest BCUT2D eigenvalue weighted by Crippen LogP contribution is 2.19. The first-order valence-corrected chi connectivity index (χ1v) is 7.84. The maximum Gasteiger partial charge on any atom is 0.286 e. The van der Waals surface area contributed by atoms with Crippen LogP contribution in [0.2, 0.25) is 5.02 Å². The van der Waals surface area contributed by atoms with Crippen molar-refractivity contribution in [2.24, 2.45) is 0 Å². The molecular weight excluding hydrogens is 316 g/mol. The predicted octanol–water partition coefficient (Wildman–Crippen LogP) is 3.32. The van der Waals surface area contributed by atoms with E-state index in [2.05, 4.69) is 10.6 Å². The number of benzene rings is 1. The second kappa shape index (κ2) is 8.39. The average Bonchev–Trinajstić information content (AvgIpc) is 3.08. The van der Waals surface area contributed by atoms with Gasteiger partial charge in [0.15, 0.2) is 5.76 Å². The lowest BCUT2D eigenvalue weighted by Crippen LogP contribution is -2.32. The molecule has 0 fully saturated rings. The molecule has 23 heavy (non-hydrogen) atoms. The zero-order valence-corrected chi connectivity index (χ0v) is 13.6. The Morgan fingerprint density at radius 1 is 1.22 bits per heavy atom. The Morgan fingerprint density at radius 2 is 1.96 bits per heavy atom. The van der Waals surface area contributed by atoms with Crippen LogP contribution in [-0.2, 0) is 4.79 Å². The van der Waals surface area contributed by atoms with Crippen molar-refractivity contribution in [2.45, 2.75) is 25.8 Å². The molecule has 0 radical (unpaired) electrons. The third-order valence-corrected chi connectivity index (χ3v) is 3.65. The fourth-order valence-electron chi connectivity index (χ4n) is 2.17. The van der Waals surface area contributed by atoms with E-state index in [0.29, 0.717) is 5.02 Å². The van der Waals surface area contributed by atoms with Gasteiger partial charge < -0.3 is 15.1 Å². The van der Waals surface area contributed by atoms with Crippen LogP contribution < -0.4 is 10.6 Å². The van der Waals surface area contributed by atoms with Crippen molar-refractivity contribution < 1.29 is 14.0 Å². The molecule has 0 saturated carbocycles. The summed E-state index contributed by atoms with van der Waals surface area (Å²) in [6.45, 7) is 2.25. The van der Waals surface area contributed by atoms with Crippen molar-refractivity contribution in [3.63, 3.8) is 0 Å². The van der Waals surface area contributed by atoms with Gasteiger partial charge >= 0.3 is 0 Å². The molecule has 2 rings (SSSR count). The maximum atomic E-state index is 12.0. The highest BCUT2D eigenvalue weighted by atomic mass is 35.5. The molecule has 2 N–H and O–H groups in total. The van der Waals surface area contributed by atoms with Gasteiger partial charge in [0.2, 0.25) is 5.91 Å². The number of carbonyl (C=O) groups excluding carboxylic acids is 2. The van der Waals surface area contributed by atoms with Crippen LogP contribution in [-0.4, -0.2) is 18.4 Å². The summed E-state index contributed by atoms with van der Waals surface area (Å²) in [6.07, 6.45) is 2.41. The lowest BCUT2D eigenvalue weighted by Gasteiger charge is -2.17. The summed E-state index contributed by atoms with van der Waals surface area (Å²) in [7, 11) is 0. The summed E-state index contributed by atoms with van der Waals surface area (Å²) in [5, 5.41) is 6.26. The first kappa shape index (κ1) is 17.1. The number of rotatable bonds is 7. The van der Waals surface area contributed by atoms with Crippen molar-refractivity contribution in [2.75, 3.05) is 6.54 Å². The van der Waals surface area contributed by atoms with E-state index in [1.807, 2.05) is 19.1 Å². The number of nitrogens with one attached hydrogen (secondary N) is 2. The van der Waals surface area contributed by atoms with Gasteiger partial charge in [-0.05, 0) is 36.2 Å². The van der Waals surface area contributed by atoms with Crippen molar-refractivity contribution in [3.05, 3.63) is 59.0 Å². The van der Waals surface area contributed by atoms with E-state index in [1.165, 1.54) is 6.26 Å². The summed E-state index contributed by atoms with van der Waals surface area (Å²) in [4.78, 5) is 23.7. The lowest BCUT2D eigenvalue weighted by molar-refractivity contribution is -0.121. The molecule has 0 spiro atoms. The topological polar surface area (TPSA) is 71.3 Å². The minimum absolute atomic E-state index is 0.0689. The standard InChI is InChI=1S/C17H19ClN2O3/c1-2-14(12-5-7-13(18)8-6-12)20-16(21)9-10-19-17(22)15-4-3-11-23-15/h3-8,11,14H,2,9-10H2,1H3,(H,19,22)(H,20,21)/t14-/m0/s1. The van der Waals surface area contributed by atoms with Crippen LogP contribution in [0.5, 0.6) is 0 Å². The lowest BCUT2D eigenvalue weighted by atomic mass is 10.0. The monoisotopic (exact) mass is 334 g/mol. The van der Waals surface area contributed by atoms with Gasteiger partial charge in [-0.3, -0.25) is 9.59 Å². The predicted molar refractivity (Wildman–Crippen MR) is 88.3 cm³/mol. The third kappa shape index (κ3) is 5.14. The van der Waals surface area contributed by atoms with Gasteiger partial charge in [-0.1, -0.05) is 30.7 Å². The molecule has 1 aromatic carbocycles. The Labute approximate surface area is 140 Å². The molecule has 5 nitrogen and oxygen atoms in total. The van der Waals surface area contributed by atoms with Crippen LogP contribution in [0.4, 0.5) is 0 Å². The summed E-state index contributed by atoms with van der Waals surface area (Å²) in [6, 6.07) is 10.5. The average molecular weight is 335 g/mol. The first-order chi connectivity index (χ1) is 11.1. The molecule has 6 heteroatoms. The zero-order chi connectivity index (χ0) is 16.7. The largest absolute Gasteiger partial charge is 0.459 e. The van der Waals surface area contributed by atoms with Crippen molar-refractivity contribution in [1.82, 2.24) is 10.6 Å². The Hall–Kier alpha value is -2.27. The molecule has 0 bridgehead atoms. The van der Waals surface area contributed by atoms with E-state index < -0.39 is 0 Å². The number of furan rings is 1. The Kier molecular flexibility index (Phi) is 6.23. The maximum absolute atomic E-state index is 12.0. The normalized spacial score (nSPS) is 11.7. The van der Waals surface area contributed by atoms with Gasteiger partial charge in [0.05, 0.1) is 12.3 Å². The van der Waals surface area contributed by atoms with Crippen molar-refractivity contribution >= 4 is 23.4 Å². The molecule has 1 heterocycles. The summed E-state index contributed by atoms with van der Waals surface area (Å²) >= 11 is 5.87. The van der Waals surface area contributed by atoms with E-state index in [1.54, 1.807) is 24.3 Å². The molecule has 0 unspecified atom stereocenters. The Morgan fingerprint density at radius 3 is 2.57 bits per heavy atom. The molecule has 0 aliphatic rings. The van der Waals surface area contributed by atoms with Gasteiger partial charge in [0, 0.05) is 18.0 Å². The molecule has 2 amide bonds. The quantitative estimate of drug-likeness (QED) is 0.816. The Balaban J connectivity index is 1.79. The minimum atomic E-state index is -0.326. The fraction of sp³-hybridized carbons (Fsp3) is 0.294. The van der Waals surface area contributed by atoms with Gasteiger partial charge in [-0.25, -0.2) is 0 Å². The number of hydrogen-bond donors (Lipinski definition) is 2. The molecule has 1 atom stereocenters. The number of carbonyl (C=O) groups is 2. The van der Waals surface area contributed by atoms with Gasteiger partial charge in [0.1, 0.15) is 0 Å². The SMILES string of the molecule is CC[C@H](NC(=O)CCNC(=O)c1ccco1)c1ccc(Cl)cc1. The van der Waals surface area contributed by atoms with Gasteiger partial charge in [-0.2, -0.15) is 0 Å². The number of amides is 2. The minimum Gasteiger partial charge on any atom is -0.459 e. The second-order valence-electron chi connectivity index (χ2n) is 5.06. The van der Waals surface area contributed by atoms with Crippen molar-refractivity contribution in [1.29, 1.82) is 0 Å². The third-order valence-electron chi connectivity index (χ3n) is 3.40. The van der Waals surface area contributed by atoms with E-state index in [-0.39, 0.29) is 36.6 Å². The summed E-state index contributed by atoms with van der Waals surface area (Å²) < 4.78 is 4.98. The molecule has 2 aromatic rings. The zero-order valence-electron chi connectivity index (χ0n) is 12.8. The van der Waals surface area contributed by atoms with Crippen LogP contribution in [0.15, 0.2) is 47.1 Å². The summed E-state index contributed by atoms with van der Waals surface area (Å²) in [5.74, 6) is -0.211. The molecular formula is C17H19ClN2O3. The molecule has 0 aliphatic heterocycles. The van der Waals surface area contributed by atoms with Crippen LogP contribution in [0.25, 0.3) is 0 Å². The highest BCUT2D eigenvalue weighted by Gasteiger charge is 2.13. The van der Waals surface area contributed by atoms with Gasteiger partial charge in [0.25, 0.3) is 5.91 Å². The van der Waals surface area contributed by atoms with E-state index in [0.717, 1.165) is 12.0 Å². The number of halogens is 1. The molecule has 1 aromatic heterocycles. The van der Waals surface area contributed by atoms with Crippen LogP contribution in [0, 0.1) is 0 Å². The van der Waals surface area contributed by atoms with Crippen LogP contribution >= 0.6 is 11.6 Å². The molecule has 122 valence electrons. The smallest absolute Gasteiger partial charge is 0.286 e. The fourth-order valence-corrected chi connectivity index (χ4v) is 2.29. The number of hydrogen-bond acceptors (Lipinski definition) is 3. The van der Waals surface area contributed by atoms with E-state index in [9.17, 15) is 9.59 Å². The second-order valence-corrected chi connectivity index (χ2v) is 5.50. The van der Waals surface area contributed by atoms with Crippen LogP contribution in [0.3, 0.4) is 0 Å². The molecule has 0 aliphatic carbocycles. The van der Waals surface area contributed by atoms with Crippen LogP contribution in [0.1, 0.15) is 41.9 Å².